The first-order valence-corrected chi connectivity index (χ1v) is 6.09. The first-order valence-electron chi connectivity index (χ1n) is 6.09. The van der Waals surface area contributed by atoms with Crippen molar-refractivity contribution in [1.82, 2.24) is 9.80 Å². The van der Waals surface area contributed by atoms with E-state index in [1.54, 1.807) is 24.1 Å². The third-order valence-corrected chi connectivity index (χ3v) is 3.94. The molecule has 19 heavy (non-hydrogen) atoms. The summed E-state index contributed by atoms with van der Waals surface area (Å²) in [6, 6.07) is 6.20. The van der Waals surface area contributed by atoms with E-state index >= 15 is 0 Å². The van der Waals surface area contributed by atoms with Crippen LogP contribution < -0.4 is 0 Å². The SMILES string of the molecule is CN1CCN(C)C(C)(c2ccc([N+](=O)[O-])cc2)C1=O. The number of nitrogens with zero attached hydrogens (tertiary/aromatic N) is 3. The molecule has 0 bridgehead atoms. The Morgan fingerprint density at radius 1 is 1.21 bits per heavy atom. The molecule has 0 saturated carbocycles. The molecule has 1 aromatic carbocycles. The van der Waals surface area contributed by atoms with E-state index in [0.717, 1.165) is 12.1 Å². The van der Waals surface area contributed by atoms with Gasteiger partial charge in [0.2, 0.25) is 5.91 Å². The van der Waals surface area contributed by atoms with Crippen molar-refractivity contribution in [3.8, 4) is 0 Å². The molecule has 1 aromatic rings. The van der Waals surface area contributed by atoms with E-state index in [1.165, 1.54) is 12.1 Å². The van der Waals surface area contributed by atoms with Crippen LogP contribution in [0, 0.1) is 10.1 Å². The van der Waals surface area contributed by atoms with Crippen molar-refractivity contribution in [1.29, 1.82) is 0 Å². The van der Waals surface area contributed by atoms with Crippen LogP contribution in [-0.2, 0) is 10.3 Å². The van der Waals surface area contributed by atoms with E-state index in [2.05, 4.69) is 0 Å². The van der Waals surface area contributed by atoms with Gasteiger partial charge in [0, 0.05) is 32.3 Å². The van der Waals surface area contributed by atoms with E-state index in [4.69, 9.17) is 0 Å². The van der Waals surface area contributed by atoms with Gasteiger partial charge in [0.05, 0.1) is 4.92 Å². The Labute approximate surface area is 111 Å². The highest BCUT2D eigenvalue weighted by Gasteiger charge is 2.44. The molecule has 0 spiro atoms. The largest absolute Gasteiger partial charge is 0.343 e. The molecule has 1 fully saturated rings. The summed E-state index contributed by atoms with van der Waals surface area (Å²) in [6.07, 6.45) is 0. The van der Waals surface area contributed by atoms with Crippen molar-refractivity contribution < 1.29 is 9.72 Å². The Balaban J connectivity index is 2.42. The Hall–Kier alpha value is -1.95. The molecule has 1 aliphatic heterocycles. The van der Waals surface area contributed by atoms with Gasteiger partial charge in [0.1, 0.15) is 5.54 Å². The number of carbonyl (C=O) groups excluding carboxylic acids is 1. The topological polar surface area (TPSA) is 66.7 Å². The fourth-order valence-electron chi connectivity index (χ4n) is 2.41. The average molecular weight is 263 g/mol. The van der Waals surface area contributed by atoms with Gasteiger partial charge in [-0.25, -0.2) is 0 Å². The summed E-state index contributed by atoms with van der Waals surface area (Å²) >= 11 is 0. The third kappa shape index (κ3) is 2.08. The van der Waals surface area contributed by atoms with Crippen LogP contribution in [0.15, 0.2) is 24.3 Å². The summed E-state index contributed by atoms with van der Waals surface area (Å²) < 4.78 is 0. The average Bonchev–Trinajstić information content (AvgIpc) is 2.41. The van der Waals surface area contributed by atoms with Gasteiger partial charge in [-0.3, -0.25) is 19.8 Å². The van der Waals surface area contributed by atoms with Crippen molar-refractivity contribution >= 4 is 11.6 Å². The molecule has 0 N–H and O–H groups in total. The number of nitro benzene ring substituents is 1. The summed E-state index contributed by atoms with van der Waals surface area (Å²) in [5.74, 6) is 0.00935. The second kappa shape index (κ2) is 4.62. The lowest BCUT2D eigenvalue weighted by molar-refractivity contribution is -0.384. The van der Waals surface area contributed by atoms with Gasteiger partial charge < -0.3 is 4.90 Å². The molecule has 0 aliphatic carbocycles. The normalized spacial score (nSPS) is 24.6. The van der Waals surface area contributed by atoms with Gasteiger partial charge in [-0.2, -0.15) is 0 Å². The number of nitro groups is 1. The van der Waals surface area contributed by atoms with Crippen molar-refractivity contribution in [2.45, 2.75) is 12.5 Å². The Kier molecular flexibility index (Phi) is 3.28. The van der Waals surface area contributed by atoms with E-state index in [1.807, 2.05) is 18.9 Å². The van der Waals surface area contributed by atoms with Gasteiger partial charge in [0.15, 0.2) is 0 Å². The molecule has 0 radical (unpaired) electrons. The van der Waals surface area contributed by atoms with E-state index < -0.39 is 10.5 Å². The molecule has 1 atom stereocenters. The minimum absolute atomic E-state index is 0.00935. The molecule has 2 rings (SSSR count). The summed E-state index contributed by atoms with van der Waals surface area (Å²) in [6.45, 7) is 3.32. The number of hydrogen-bond donors (Lipinski definition) is 0. The minimum atomic E-state index is -0.762. The Bertz CT molecular complexity index is 514. The highest BCUT2D eigenvalue weighted by atomic mass is 16.6. The number of non-ortho nitro benzene ring substituents is 1. The van der Waals surface area contributed by atoms with Crippen LogP contribution in [-0.4, -0.2) is 47.8 Å². The summed E-state index contributed by atoms with van der Waals surface area (Å²) in [5.41, 5.74) is 0.0473. The zero-order chi connectivity index (χ0) is 14.2. The van der Waals surface area contributed by atoms with Gasteiger partial charge in [-0.05, 0) is 31.7 Å². The Morgan fingerprint density at radius 2 is 1.79 bits per heavy atom. The molecule has 0 aromatic heterocycles. The third-order valence-electron chi connectivity index (χ3n) is 3.94. The van der Waals surface area contributed by atoms with Crippen LogP contribution in [0.3, 0.4) is 0 Å². The van der Waals surface area contributed by atoms with Gasteiger partial charge in [-0.15, -0.1) is 0 Å². The van der Waals surface area contributed by atoms with Crippen molar-refractivity contribution in [3.05, 3.63) is 39.9 Å². The quantitative estimate of drug-likeness (QED) is 0.594. The lowest BCUT2D eigenvalue weighted by Crippen LogP contribution is -2.60. The van der Waals surface area contributed by atoms with E-state index in [-0.39, 0.29) is 11.6 Å². The van der Waals surface area contributed by atoms with Gasteiger partial charge >= 0.3 is 0 Å². The summed E-state index contributed by atoms with van der Waals surface area (Å²) in [5, 5.41) is 10.7. The van der Waals surface area contributed by atoms with Gasteiger partial charge in [-0.1, -0.05) is 0 Å². The summed E-state index contributed by atoms with van der Waals surface area (Å²) in [7, 11) is 3.67. The molecule has 1 saturated heterocycles. The minimum Gasteiger partial charge on any atom is -0.343 e. The standard InChI is InChI=1S/C13H17N3O3/c1-13(12(17)14(2)8-9-15(13)3)10-4-6-11(7-5-10)16(18)19/h4-7H,8-9H2,1-3H3. The monoisotopic (exact) mass is 263 g/mol. The number of rotatable bonds is 2. The molecule has 1 amide bonds. The molecule has 1 aliphatic rings. The maximum absolute atomic E-state index is 12.4. The fraction of sp³-hybridized carbons (Fsp3) is 0.462. The van der Waals surface area contributed by atoms with E-state index in [0.29, 0.717) is 6.54 Å². The highest BCUT2D eigenvalue weighted by molar-refractivity contribution is 5.88. The van der Waals surface area contributed by atoms with Crippen molar-refractivity contribution in [2.24, 2.45) is 0 Å². The molecule has 6 heteroatoms. The molecule has 6 nitrogen and oxygen atoms in total. The lowest BCUT2D eigenvalue weighted by atomic mass is 9.87. The van der Waals surface area contributed by atoms with Crippen molar-refractivity contribution in [3.63, 3.8) is 0 Å². The predicted octanol–water partition coefficient (Wildman–Crippen LogP) is 1.21. The number of hydrogen-bond acceptors (Lipinski definition) is 4. The number of piperazine rings is 1. The number of carbonyl (C=O) groups is 1. The fourth-order valence-corrected chi connectivity index (χ4v) is 2.41. The molecule has 1 unspecified atom stereocenters. The molecule has 1 heterocycles. The first kappa shape index (κ1) is 13.5. The van der Waals surface area contributed by atoms with Crippen LogP contribution in [0.4, 0.5) is 5.69 Å². The van der Waals surface area contributed by atoms with Crippen LogP contribution in [0.2, 0.25) is 0 Å². The maximum atomic E-state index is 12.4. The van der Waals surface area contributed by atoms with Crippen LogP contribution in [0.25, 0.3) is 0 Å². The number of benzene rings is 1. The van der Waals surface area contributed by atoms with Gasteiger partial charge in [0.25, 0.3) is 5.69 Å². The molecular weight excluding hydrogens is 246 g/mol. The van der Waals surface area contributed by atoms with Crippen LogP contribution >= 0.6 is 0 Å². The smallest absolute Gasteiger partial charge is 0.269 e. The number of likely N-dealkylation sites (N-methyl/N-ethyl adjacent to an activating group) is 2. The van der Waals surface area contributed by atoms with Crippen molar-refractivity contribution in [2.75, 3.05) is 27.2 Å². The molecular formula is C13H17N3O3. The predicted molar refractivity (Wildman–Crippen MR) is 70.7 cm³/mol. The second-order valence-corrected chi connectivity index (χ2v) is 5.02. The van der Waals surface area contributed by atoms with E-state index in [9.17, 15) is 14.9 Å². The highest BCUT2D eigenvalue weighted by Crippen LogP contribution is 2.32. The van der Waals surface area contributed by atoms with Crippen LogP contribution in [0.5, 0.6) is 0 Å². The first-order chi connectivity index (χ1) is 8.87. The zero-order valence-corrected chi connectivity index (χ0v) is 11.3. The van der Waals surface area contributed by atoms with Crippen LogP contribution in [0.1, 0.15) is 12.5 Å². The second-order valence-electron chi connectivity index (χ2n) is 5.02. The molecule has 102 valence electrons. The lowest BCUT2D eigenvalue weighted by Gasteiger charge is -2.45. The Morgan fingerprint density at radius 3 is 2.32 bits per heavy atom. The number of amides is 1. The summed E-state index contributed by atoms with van der Waals surface area (Å²) in [4.78, 5) is 26.3. The maximum Gasteiger partial charge on any atom is 0.269 e. The zero-order valence-electron chi connectivity index (χ0n) is 11.3.